The van der Waals surface area contributed by atoms with Crippen molar-refractivity contribution in [1.82, 2.24) is 5.32 Å². The molecule has 20 heavy (non-hydrogen) atoms. The smallest absolute Gasteiger partial charge is 0.320 e. The molecule has 4 nitrogen and oxygen atoms in total. The number of halogens is 2. The summed E-state index contributed by atoms with van der Waals surface area (Å²) < 4.78 is 5.23. The molecule has 1 aromatic carbocycles. The Morgan fingerprint density at radius 2 is 2.05 bits per heavy atom. The van der Waals surface area contributed by atoms with Gasteiger partial charge in [-0.25, -0.2) is 0 Å². The minimum Gasteiger partial charge on any atom is -0.495 e. The Balaban J connectivity index is 2.84. The van der Waals surface area contributed by atoms with Crippen LogP contribution < -0.4 is 10.1 Å². The molecule has 1 rings (SSSR count). The van der Waals surface area contributed by atoms with E-state index in [9.17, 15) is 9.90 Å². The molecule has 0 radical (unpaired) electrons. The van der Waals surface area contributed by atoms with E-state index in [1.165, 1.54) is 7.11 Å². The number of carbonyl (C=O) groups is 1. The van der Waals surface area contributed by atoms with Crippen molar-refractivity contribution in [3.63, 3.8) is 0 Å². The van der Waals surface area contributed by atoms with E-state index in [1.807, 2.05) is 13.8 Å². The lowest BCUT2D eigenvalue weighted by Gasteiger charge is -2.18. The van der Waals surface area contributed by atoms with Crippen molar-refractivity contribution in [1.29, 1.82) is 0 Å². The van der Waals surface area contributed by atoms with E-state index in [-0.39, 0.29) is 5.92 Å². The first-order chi connectivity index (χ1) is 9.35. The van der Waals surface area contributed by atoms with Gasteiger partial charge in [0.25, 0.3) is 0 Å². The van der Waals surface area contributed by atoms with Gasteiger partial charge in [0.05, 0.1) is 12.1 Å². The first-order valence-electron chi connectivity index (χ1n) is 6.33. The van der Waals surface area contributed by atoms with E-state index < -0.39 is 12.0 Å². The number of benzene rings is 1. The minimum absolute atomic E-state index is 0.286. The number of nitrogens with one attached hydrogen (secondary N) is 1. The van der Waals surface area contributed by atoms with Crippen molar-refractivity contribution in [3.8, 4) is 5.75 Å². The molecule has 112 valence electrons. The van der Waals surface area contributed by atoms with Gasteiger partial charge in [-0.3, -0.25) is 4.79 Å². The van der Waals surface area contributed by atoms with Crippen molar-refractivity contribution in [2.75, 3.05) is 7.11 Å². The summed E-state index contributed by atoms with van der Waals surface area (Å²) in [4.78, 5) is 11.2. The predicted octanol–water partition coefficient (Wildman–Crippen LogP) is 3.59. The number of carboxylic acids is 1. The van der Waals surface area contributed by atoms with Crippen LogP contribution in [0.15, 0.2) is 12.1 Å². The molecule has 1 unspecified atom stereocenters. The van der Waals surface area contributed by atoms with E-state index in [4.69, 9.17) is 27.9 Å². The molecule has 2 N–H and O–H groups in total. The molecule has 0 fully saturated rings. The van der Waals surface area contributed by atoms with Crippen molar-refractivity contribution in [2.24, 2.45) is 5.92 Å². The summed E-state index contributed by atoms with van der Waals surface area (Å²) in [6.07, 6.45) is 0.548. The van der Waals surface area contributed by atoms with Gasteiger partial charge in [0.1, 0.15) is 11.8 Å². The molecule has 0 aromatic heterocycles. The lowest BCUT2D eigenvalue weighted by atomic mass is 10.0. The number of rotatable bonds is 7. The van der Waals surface area contributed by atoms with Crippen LogP contribution >= 0.6 is 23.2 Å². The third kappa shape index (κ3) is 4.85. The zero-order valence-electron chi connectivity index (χ0n) is 11.7. The van der Waals surface area contributed by atoms with Gasteiger partial charge in [-0.1, -0.05) is 37.0 Å². The summed E-state index contributed by atoms with van der Waals surface area (Å²) in [7, 11) is 1.52. The number of hydrogen-bond acceptors (Lipinski definition) is 3. The van der Waals surface area contributed by atoms with E-state index in [0.29, 0.717) is 28.8 Å². The SMILES string of the molecule is COc1c(Cl)cc(Cl)cc1CNC(CC(C)C)C(=O)O. The van der Waals surface area contributed by atoms with Crippen LogP contribution in [-0.2, 0) is 11.3 Å². The average molecular weight is 320 g/mol. The van der Waals surface area contributed by atoms with Gasteiger partial charge in [0, 0.05) is 17.1 Å². The molecular weight excluding hydrogens is 301 g/mol. The highest BCUT2D eigenvalue weighted by Crippen LogP contribution is 2.32. The van der Waals surface area contributed by atoms with Crippen LogP contribution in [0.3, 0.4) is 0 Å². The quantitative estimate of drug-likeness (QED) is 0.806. The highest BCUT2D eigenvalue weighted by atomic mass is 35.5. The van der Waals surface area contributed by atoms with Gasteiger partial charge in [-0.05, 0) is 24.5 Å². The van der Waals surface area contributed by atoms with Crippen LogP contribution in [-0.4, -0.2) is 24.2 Å². The Morgan fingerprint density at radius 3 is 2.55 bits per heavy atom. The van der Waals surface area contributed by atoms with Crippen molar-refractivity contribution < 1.29 is 14.6 Å². The molecular formula is C14H19Cl2NO3. The van der Waals surface area contributed by atoms with Crippen molar-refractivity contribution in [2.45, 2.75) is 32.9 Å². The van der Waals surface area contributed by atoms with E-state index >= 15 is 0 Å². The molecule has 0 aliphatic heterocycles. The van der Waals surface area contributed by atoms with Gasteiger partial charge in [0.15, 0.2) is 0 Å². The number of methoxy groups -OCH3 is 1. The highest BCUT2D eigenvalue weighted by Gasteiger charge is 2.19. The molecule has 0 bridgehead atoms. The highest BCUT2D eigenvalue weighted by molar-refractivity contribution is 6.35. The molecule has 0 aliphatic rings. The third-order valence-corrected chi connectivity index (χ3v) is 3.33. The Hall–Kier alpha value is -0.970. The zero-order valence-corrected chi connectivity index (χ0v) is 13.3. The fourth-order valence-corrected chi connectivity index (χ4v) is 2.56. The normalized spacial score (nSPS) is 12.5. The van der Waals surface area contributed by atoms with Crippen LogP contribution in [0.2, 0.25) is 10.0 Å². The number of aliphatic carboxylic acids is 1. The second kappa shape index (κ2) is 7.72. The molecule has 1 aromatic rings. The largest absolute Gasteiger partial charge is 0.495 e. The van der Waals surface area contributed by atoms with Crippen molar-refractivity contribution in [3.05, 3.63) is 27.7 Å². The summed E-state index contributed by atoms with van der Waals surface area (Å²) >= 11 is 12.0. The zero-order chi connectivity index (χ0) is 15.3. The number of hydrogen-bond donors (Lipinski definition) is 2. The average Bonchev–Trinajstić information content (AvgIpc) is 2.33. The van der Waals surface area contributed by atoms with Crippen LogP contribution in [0.1, 0.15) is 25.8 Å². The lowest BCUT2D eigenvalue weighted by Crippen LogP contribution is -2.37. The Kier molecular flexibility index (Phi) is 6.59. The molecule has 0 saturated carbocycles. The molecule has 0 spiro atoms. The molecule has 0 aliphatic carbocycles. The monoisotopic (exact) mass is 319 g/mol. The summed E-state index contributed by atoms with van der Waals surface area (Å²) in [6.45, 7) is 4.29. The fourth-order valence-electron chi connectivity index (χ4n) is 1.95. The van der Waals surface area contributed by atoms with Gasteiger partial charge in [-0.15, -0.1) is 0 Å². The van der Waals surface area contributed by atoms with E-state index in [0.717, 1.165) is 5.56 Å². The van der Waals surface area contributed by atoms with Crippen molar-refractivity contribution >= 4 is 29.2 Å². The summed E-state index contributed by atoms with van der Waals surface area (Å²) in [5.74, 6) is -0.0727. The minimum atomic E-state index is -0.870. The predicted molar refractivity (Wildman–Crippen MR) is 80.7 cm³/mol. The van der Waals surface area contributed by atoms with Crippen LogP contribution in [0.5, 0.6) is 5.75 Å². The molecule has 0 amide bonds. The third-order valence-electron chi connectivity index (χ3n) is 2.83. The maximum atomic E-state index is 11.2. The van der Waals surface area contributed by atoms with Gasteiger partial charge in [0.2, 0.25) is 0 Å². The van der Waals surface area contributed by atoms with Gasteiger partial charge >= 0.3 is 5.97 Å². The Morgan fingerprint density at radius 1 is 1.40 bits per heavy atom. The molecule has 6 heteroatoms. The summed E-state index contributed by atoms with van der Waals surface area (Å²) in [6, 6.07) is 2.69. The number of carboxylic acid groups (broad SMARTS) is 1. The molecule has 0 saturated heterocycles. The van der Waals surface area contributed by atoms with Crippen LogP contribution in [0, 0.1) is 5.92 Å². The first kappa shape index (κ1) is 17.1. The standard InChI is InChI=1S/C14H19Cl2NO3/c1-8(2)4-12(14(18)19)17-7-9-5-10(15)6-11(16)13(9)20-3/h5-6,8,12,17H,4,7H2,1-3H3,(H,18,19). The Labute approximate surface area is 129 Å². The van der Waals surface area contributed by atoms with E-state index in [2.05, 4.69) is 5.32 Å². The number of ether oxygens (including phenoxy) is 1. The molecule has 0 heterocycles. The first-order valence-corrected chi connectivity index (χ1v) is 7.08. The summed E-state index contributed by atoms with van der Waals surface area (Å²) in [5, 5.41) is 13.1. The second-order valence-electron chi connectivity index (χ2n) is 4.98. The second-order valence-corrected chi connectivity index (χ2v) is 5.82. The van der Waals surface area contributed by atoms with Crippen LogP contribution in [0.25, 0.3) is 0 Å². The maximum Gasteiger partial charge on any atom is 0.320 e. The lowest BCUT2D eigenvalue weighted by molar-refractivity contribution is -0.140. The van der Waals surface area contributed by atoms with Gasteiger partial charge < -0.3 is 15.2 Å². The van der Waals surface area contributed by atoms with Crippen LogP contribution in [0.4, 0.5) is 0 Å². The fraction of sp³-hybridized carbons (Fsp3) is 0.500. The molecule has 1 atom stereocenters. The topological polar surface area (TPSA) is 58.6 Å². The van der Waals surface area contributed by atoms with E-state index in [1.54, 1.807) is 12.1 Å². The maximum absolute atomic E-state index is 11.2. The Bertz CT molecular complexity index is 478. The van der Waals surface area contributed by atoms with Gasteiger partial charge in [-0.2, -0.15) is 0 Å². The summed E-state index contributed by atoms with van der Waals surface area (Å²) in [5.41, 5.74) is 0.736.